The molecule has 2 nitrogen and oxygen atoms in total. The van der Waals surface area contributed by atoms with Crippen LogP contribution in [0.5, 0.6) is 0 Å². The van der Waals surface area contributed by atoms with Gasteiger partial charge in [0.05, 0.1) is 0 Å². The van der Waals surface area contributed by atoms with Crippen LogP contribution in [0.1, 0.15) is 0 Å². The van der Waals surface area contributed by atoms with Gasteiger partial charge in [0.25, 0.3) is 0 Å². The van der Waals surface area contributed by atoms with Gasteiger partial charge in [-0.15, -0.1) is 0 Å². The molecule has 0 aromatic carbocycles. The van der Waals surface area contributed by atoms with E-state index in [9.17, 15) is 0 Å². The first-order valence-corrected chi connectivity index (χ1v) is 3.56. The Kier molecular flexibility index (Phi) is 10.5. The average Bonchev–Trinajstić information content (AvgIpc) is 2.16. The van der Waals surface area contributed by atoms with Crippen LogP contribution in [-0.4, -0.2) is 23.9 Å². The van der Waals surface area contributed by atoms with Gasteiger partial charge in [0.15, 0.2) is 0 Å². The van der Waals surface area contributed by atoms with Crippen LogP contribution in [0.15, 0.2) is 51.1 Å². The van der Waals surface area contributed by atoms with Gasteiger partial charge >= 0.3 is 0 Å². The summed E-state index contributed by atoms with van der Waals surface area (Å²) in [6.07, 6.45) is 6.75. The highest BCUT2D eigenvalue weighted by Gasteiger charge is 1.68. The molecule has 0 aliphatic heterocycles. The maximum absolute atomic E-state index is 3.49. The summed E-state index contributed by atoms with van der Waals surface area (Å²) < 4.78 is 0. The van der Waals surface area contributed by atoms with Gasteiger partial charge in [0.1, 0.15) is 0 Å². The van der Waals surface area contributed by atoms with Crippen molar-refractivity contribution < 1.29 is 0 Å². The molecular formula is C10H18N2. The lowest BCUT2D eigenvalue weighted by Crippen LogP contribution is -1.96. The summed E-state index contributed by atoms with van der Waals surface area (Å²) in [5.74, 6) is 0. The molecule has 0 N–H and O–H groups in total. The Morgan fingerprint density at radius 3 is 0.833 bits per heavy atom. The van der Waals surface area contributed by atoms with Crippen molar-refractivity contribution in [2.24, 2.45) is 0 Å². The smallest absolute Gasteiger partial charge is 0.0106 e. The molecule has 0 saturated heterocycles. The highest BCUT2D eigenvalue weighted by molar-refractivity contribution is 4.76. The van der Waals surface area contributed by atoms with E-state index in [-0.39, 0.29) is 0 Å². The van der Waals surface area contributed by atoms with Gasteiger partial charge in [0, 0.05) is 14.1 Å². The molecule has 0 aromatic heterocycles. The Labute approximate surface area is 75.8 Å². The Hall–Kier alpha value is -1.44. The molecular weight excluding hydrogens is 148 g/mol. The number of rotatable bonds is 4. The largest absolute Gasteiger partial charge is 0.358 e. The molecule has 0 amide bonds. The molecule has 0 unspecified atom stereocenters. The maximum atomic E-state index is 3.49. The van der Waals surface area contributed by atoms with E-state index in [1.165, 1.54) is 0 Å². The van der Waals surface area contributed by atoms with Crippen LogP contribution >= 0.6 is 0 Å². The zero-order valence-electron chi connectivity index (χ0n) is 8.03. The molecule has 0 fully saturated rings. The van der Waals surface area contributed by atoms with Crippen molar-refractivity contribution in [3.8, 4) is 0 Å². The van der Waals surface area contributed by atoms with Crippen LogP contribution < -0.4 is 0 Å². The van der Waals surface area contributed by atoms with Crippen molar-refractivity contribution in [3.05, 3.63) is 51.1 Å². The van der Waals surface area contributed by atoms with Crippen molar-refractivity contribution in [1.82, 2.24) is 9.80 Å². The van der Waals surface area contributed by atoms with Gasteiger partial charge in [-0.25, -0.2) is 0 Å². The van der Waals surface area contributed by atoms with E-state index in [1.807, 2.05) is 14.1 Å². The minimum Gasteiger partial charge on any atom is -0.358 e. The first-order chi connectivity index (χ1) is 5.62. The Balaban J connectivity index is 0. The zero-order valence-corrected chi connectivity index (χ0v) is 8.03. The Morgan fingerprint density at radius 2 is 0.833 bits per heavy atom. The van der Waals surface area contributed by atoms with Crippen molar-refractivity contribution in [1.29, 1.82) is 0 Å². The van der Waals surface area contributed by atoms with E-state index in [0.717, 1.165) is 0 Å². The van der Waals surface area contributed by atoms with Crippen LogP contribution in [0.25, 0.3) is 0 Å². The van der Waals surface area contributed by atoms with E-state index in [2.05, 4.69) is 26.3 Å². The lowest BCUT2D eigenvalue weighted by atomic mass is 10.8. The van der Waals surface area contributed by atoms with Gasteiger partial charge in [0.2, 0.25) is 0 Å². The molecule has 0 heterocycles. The van der Waals surface area contributed by atoms with E-state index in [1.54, 1.807) is 34.6 Å². The summed E-state index contributed by atoms with van der Waals surface area (Å²) in [4.78, 5) is 3.56. The van der Waals surface area contributed by atoms with Gasteiger partial charge in [-0.2, -0.15) is 0 Å². The van der Waals surface area contributed by atoms with Crippen molar-refractivity contribution in [3.63, 3.8) is 0 Å². The summed E-state index contributed by atoms with van der Waals surface area (Å²) in [6.45, 7) is 13.9. The Bertz CT molecular complexity index is 116. The lowest BCUT2D eigenvalue weighted by molar-refractivity contribution is 0.631. The van der Waals surface area contributed by atoms with Crippen LogP contribution in [0.2, 0.25) is 0 Å². The van der Waals surface area contributed by atoms with E-state index in [4.69, 9.17) is 0 Å². The van der Waals surface area contributed by atoms with Crippen molar-refractivity contribution in [2.75, 3.05) is 14.1 Å². The van der Waals surface area contributed by atoms with Gasteiger partial charge < -0.3 is 9.80 Å². The van der Waals surface area contributed by atoms with Crippen molar-refractivity contribution >= 4 is 0 Å². The van der Waals surface area contributed by atoms with E-state index < -0.39 is 0 Å². The molecule has 2 heteroatoms. The van der Waals surface area contributed by atoms with Gasteiger partial charge in [-0.1, -0.05) is 26.3 Å². The van der Waals surface area contributed by atoms with Crippen molar-refractivity contribution in [2.45, 2.75) is 0 Å². The number of nitrogens with zero attached hydrogens (tertiary/aromatic N) is 2. The normalized spacial score (nSPS) is 6.83. The number of hydrogen-bond acceptors (Lipinski definition) is 2. The number of hydrogen-bond donors (Lipinski definition) is 0. The summed E-state index contributed by atoms with van der Waals surface area (Å²) in [5, 5.41) is 0. The molecule has 0 rings (SSSR count). The summed E-state index contributed by atoms with van der Waals surface area (Å²) in [6, 6.07) is 0. The second kappa shape index (κ2) is 9.56. The minimum absolute atomic E-state index is 1.69. The molecule has 0 aromatic rings. The van der Waals surface area contributed by atoms with Crippen LogP contribution in [0.4, 0.5) is 0 Å². The monoisotopic (exact) mass is 166 g/mol. The fraction of sp³-hybridized carbons (Fsp3) is 0.200. The van der Waals surface area contributed by atoms with Crippen LogP contribution in [0.3, 0.4) is 0 Å². The quantitative estimate of drug-likeness (QED) is 0.633. The predicted molar refractivity (Wildman–Crippen MR) is 56.3 cm³/mol. The molecule has 0 bridgehead atoms. The summed E-state index contributed by atoms with van der Waals surface area (Å²) in [7, 11) is 3.75. The molecule has 12 heavy (non-hydrogen) atoms. The maximum Gasteiger partial charge on any atom is 0.0106 e. The first kappa shape index (κ1) is 13.2. The second-order valence-corrected chi connectivity index (χ2v) is 2.06. The fourth-order valence-corrected chi connectivity index (χ4v) is 0.149. The lowest BCUT2D eigenvalue weighted by Gasteiger charge is -2.00. The van der Waals surface area contributed by atoms with Crippen LogP contribution in [0, 0.1) is 0 Å². The standard InChI is InChI=1S/2C5H9N/c2*1-4-6(3)5-2/h2*4-5H,1-2H2,3H3. The molecule has 0 saturated carbocycles. The second-order valence-electron chi connectivity index (χ2n) is 2.06. The topological polar surface area (TPSA) is 6.48 Å². The SMILES string of the molecule is C=CN(C)C=C.C=CN(C)C=C. The van der Waals surface area contributed by atoms with Crippen LogP contribution in [-0.2, 0) is 0 Å². The predicted octanol–water partition coefficient (Wildman–Crippen LogP) is 2.41. The molecule has 68 valence electrons. The summed E-state index contributed by atoms with van der Waals surface area (Å²) in [5.41, 5.74) is 0. The molecule has 0 spiro atoms. The summed E-state index contributed by atoms with van der Waals surface area (Å²) >= 11 is 0. The first-order valence-electron chi connectivity index (χ1n) is 3.56. The third-order valence-electron chi connectivity index (χ3n) is 1.15. The molecule has 0 aliphatic carbocycles. The molecule has 0 radical (unpaired) electrons. The van der Waals surface area contributed by atoms with E-state index >= 15 is 0 Å². The molecule has 0 atom stereocenters. The highest BCUT2D eigenvalue weighted by atomic mass is 15.0. The third-order valence-corrected chi connectivity index (χ3v) is 1.15. The van der Waals surface area contributed by atoms with Gasteiger partial charge in [-0.3, -0.25) is 0 Å². The molecule has 0 aliphatic rings. The van der Waals surface area contributed by atoms with E-state index in [0.29, 0.717) is 0 Å². The van der Waals surface area contributed by atoms with Gasteiger partial charge in [-0.05, 0) is 24.8 Å². The minimum atomic E-state index is 1.69. The fourth-order valence-electron chi connectivity index (χ4n) is 0.149. The third kappa shape index (κ3) is 11.4. The zero-order chi connectivity index (χ0) is 9.98. The highest BCUT2D eigenvalue weighted by Crippen LogP contribution is 1.76. The Morgan fingerprint density at radius 1 is 0.667 bits per heavy atom. The average molecular weight is 166 g/mol.